The van der Waals surface area contributed by atoms with E-state index >= 15 is 0 Å². The Hall–Kier alpha value is -3.52. The van der Waals surface area contributed by atoms with Crippen LogP contribution in [-0.4, -0.2) is 28.6 Å². The van der Waals surface area contributed by atoms with E-state index in [-0.39, 0.29) is 22.8 Å². The molecule has 0 spiro atoms. The number of carbonyl (C=O) groups is 3. The van der Waals surface area contributed by atoms with Gasteiger partial charge in [-0.25, -0.2) is 4.79 Å². The van der Waals surface area contributed by atoms with Gasteiger partial charge in [-0.15, -0.1) is 11.8 Å². The number of hydrogen-bond acceptors (Lipinski definition) is 4. The predicted octanol–water partition coefficient (Wildman–Crippen LogP) is 6.83. The average molecular weight is 525 g/mol. The van der Waals surface area contributed by atoms with Crippen molar-refractivity contribution >= 4 is 74.9 Å². The third-order valence-corrected chi connectivity index (χ3v) is 6.82. The van der Waals surface area contributed by atoms with E-state index in [9.17, 15) is 19.5 Å². The molecule has 35 heavy (non-hydrogen) atoms. The number of hydrogen-bond donors (Lipinski definition) is 3. The molecule has 0 heterocycles. The molecule has 4 aromatic rings. The molecule has 3 N–H and O–H groups in total. The summed E-state index contributed by atoms with van der Waals surface area (Å²) in [5, 5.41) is 16.9. The maximum atomic E-state index is 12.9. The molecule has 0 atom stereocenters. The van der Waals surface area contributed by atoms with Gasteiger partial charge in [-0.05, 0) is 60.0 Å². The van der Waals surface area contributed by atoms with Crippen molar-refractivity contribution in [2.75, 3.05) is 16.4 Å². The van der Waals surface area contributed by atoms with Crippen LogP contribution in [0.3, 0.4) is 0 Å². The lowest BCUT2D eigenvalue weighted by molar-refractivity contribution is -0.113. The molecule has 0 bridgehead atoms. The molecule has 0 saturated heterocycles. The summed E-state index contributed by atoms with van der Waals surface area (Å²) in [6, 6.07) is 21.9. The largest absolute Gasteiger partial charge is 0.478 e. The van der Waals surface area contributed by atoms with E-state index in [1.807, 2.05) is 0 Å². The number of fused-ring (bicyclic) bond motifs is 1. The fourth-order valence-corrected chi connectivity index (χ4v) is 4.46. The van der Waals surface area contributed by atoms with Crippen LogP contribution in [0.4, 0.5) is 11.4 Å². The molecule has 0 fully saturated rings. The van der Waals surface area contributed by atoms with E-state index in [1.54, 1.807) is 72.8 Å². The minimum atomic E-state index is -1.10. The predicted molar refractivity (Wildman–Crippen MR) is 141 cm³/mol. The first-order valence-electron chi connectivity index (χ1n) is 10.4. The molecule has 0 aliphatic carbocycles. The second-order valence-corrected chi connectivity index (χ2v) is 9.32. The topological polar surface area (TPSA) is 95.5 Å². The first-order chi connectivity index (χ1) is 16.8. The zero-order valence-electron chi connectivity index (χ0n) is 18.0. The van der Waals surface area contributed by atoms with Crippen LogP contribution in [0, 0.1) is 0 Å². The first kappa shape index (κ1) is 24.6. The van der Waals surface area contributed by atoms with Gasteiger partial charge >= 0.3 is 5.97 Å². The number of carbonyl (C=O) groups excluding carboxylic acids is 2. The van der Waals surface area contributed by atoms with Crippen molar-refractivity contribution in [3.63, 3.8) is 0 Å². The number of amides is 2. The molecule has 0 saturated carbocycles. The zero-order valence-corrected chi connectivity index (χ0v) is 20.4. The van der Waals surface area contributed by atoms with Gasteiger partial charge in [0.1, 0.15) is 0 Å². The number of aromatic carboxylic acids is 1. The molecule has 176 valence electrons. The fourth-order valence-electron chi connectivity index (χ4n) is 3.46. The Labute approximate surface area is 215 Å². The standard InChI is InChI=1S/C26H18Cl2N2O4S/c27-21-12-9-17(13-22(21)28)29-23(31)14-35-18-10-7-16(8-11-18)30-25(32)19-5-1-3-15-4-2-6-20(24(15)19)26(33)34/h1-13H,14H2,(H,29,31)(H,30,32)(H,33,34). The Kier molecular flexibility index (Phi) is 7.60. The van der Waals surface area contributed by atoms with Crippen molar-refractivity contribution in [2.24, 2.45) is 0 Å². The van der Waals surface area contributed by atoms with Gasteiger partial charge in [-0.1, -0.05) is 47.5 Å². The monoisotopic (exact) mass is 524 g/mol. The van der Waals surface area contributed by atoms with Crippen LogP contribution in [0.25, 0.3) is 10.8 Å². The molecular weight excluding hydrogens is 507 g/mol. The first-order valence-corrected chi connectivity index (χ1v) is 12.1. The Morgan fingerprint density at radius 1 is 0.771 bits per heavy atom. The van der Waals surface area contributed by atoms with E-state index in [4.69, 9.17) is 23.2 Å². The van der Waals surface area contributed by atoms with Crippen molar-refractivity contribution in [3.8, 4) is 0 Å². The number of thioether (sulfide) groups is 1. The SMILES string of the molecule is O=C(CSc1ccc(NC(=O)c2cccc3cccc(C(=O)O)c23)cc1)Nc1ccc(Cl)c(Cl)c1. The van der Waals surface area contributed by atoms with Crippen molar-refractivity contribution in [1.82, 2.24) is 0 Å². The van der Waals surface area contributed by atoms with E-state index in [0.29, 0.717) is 32.2 Å². The van der Waals surface area contributed by atoms with E-state index in [1.165, 1.54) is 17.8 Å². The van der Waals surface area contributed by atoms with Crippen LogP contribution < -0.4 is 10.6 Å². The lowest BCUT2D eigenvalue weighted by Gasteiger charge is -2.11. The second kappa shape index (κ2) is 10.8. The van der Waals surface area contributed by atoms with Gasteiger partial charge in [-0.2, -0.15) is 0 Å². The van der Waals surface area contributed by atoms with Crippen molar-refractivity contribution < 1.29 is 19.5 Å². The highest BCUT2D eigenvalue weighted by molar-refractivity contribution is 8.00. The van der Waals surface area contributed by atoms with Crippen LogP contribution in [-0.2, 0) is 4.79 Å². The zero-order chi connectivity index (χ0) is 24.9. The summed E-state index contributed by atoms with van der Waals surface area (Å²) in [5.74, 6) is -1.53. The van der Waals surface area contributed by atoms with E-state index < -0.39 is 11.9 Å². The quantitative estimate of drug-likeness (QED) is 0.230. The molecule has 4 rings (SSSR count). The minimum Gasteiger partial charge on any atom is -0.478 e. The van der Waals surface area contributed by atoms with Gasteiger partial charge in [0.15, 0.2) is 0 Å². The maximum absolute atomic E-state index is 12.9. The highest BCUT2D eigenvalue weighted by Crippen LogP contribution is 2.27. The van der Waals surface area contributed by atoms with Crippen molar-refractivity contribution in [3.05, 3.63) is 100 Å². The van der Waals surface area contributed by atoms with Crippen LogP contribution in [0.2, 0.25) is 10.0 Å². The van der Waals surface area contributed by atoms with Gasteiger partial charge < -0.3 is 15.7 Å². The van der Waals surface area contributed by atoms with Crippen LogP contribution in [0.1, 0.15) is 20.7 Å². The Balaban J connectivity index is 1.40. The number of carboxylic acids is 1. The number of nitrogens with one attached hydrogen (secondary N) is 2. The van der Waals surface area contributed by atoms with Gasteiger partial charge in [-0.3, -0.25) is 9.59 Å². The molecule has 0 unspecified atom stereocenters. The van der Waals surface area contributed by atoms with Crippen molar-refractivity contribution in [1.29, 1.82) is 0 Å². The fraction of sp³-hybridized carbons (Fsp3) is 0.0385. The molecule has 6 nitrogen and oxygen atoms in total. The Morgan fingerprint density at radius 3 is 2.09 bits per heavy atom. The highest BCUT2D eigenvalue weighted by atomic mass is 35.5. The van der Waals surface area contributed by atoms with E-state index in [0.717, 1.165) is 4.90 Å². The molecule has 0 aliphatic rings. The maximum Gasteiger partial charge on any atom is 0.336 e. The molecule has 0 aliphatic heterocycles. The number of carboxylic acid groups (broad SMARTS) is 1. The summed E-state index contributed by atoms with van der Waals surface area (Å²) >= 11 is 13.2. The van der Waals surface area contributed by atoms with Crippen LogP contribution in [0.5, 0.6) is 0 Å². The van der Waals surface area contributed by atoms with Gasteiger partial charge in [0, 0.05) is 27.2 Å². The highest BCUT2D eigenvalue weighted by Gasteiger charge is 2.16. The Bertz CT molecular complexity index is 1440. The summed E-state index contributed by atoms with van der Waals surface area (Å²) in [4.78, 5) is 37.7. The summed E-state index contributed by atoms with van der Waals surface area (Å²) in [6.45, 7) is 0. The summed E-state index contributed by atoms with van der Waals surface area (Å²) < 4.78 is 0. The van der Waals surface area contributed by atoms with Gasteiger partial charge in [0.2, 0.25) is 5.91 Å². The third kappa shape index (κ3) is 5.95. The smallest absolute Gasteiger partial charge is 0.336 e. The molecule has 4 aromatic carbocycles. The molecule has 0 radical (unpaired) electrons. The molecule has 9 heteroatoms. The number of anilines is 2. The molecule has 0 aromatic heterocycles. The summed E-state index contributed by atoms with van der Waals surface area (Å²) in [5.41, 5.74) is 1.45. The summed E-state index contributed by atoms with van der Waals surface area (Å²) in [7, 11) is 0. The normalized spacial score (nSPS) is 10.7. The van der Waals surface area contributed by atoms with Crippen LogP contribution in [0.15, 0.2) is 83.8 Å². The molecule has 2 amide bonds. The van der Waals surface area contributed by atoms with Gasteiger partial charge in [0.05, 0.1) is 21.4 Å². The van der Waals surface area contributed by atoms with Crippen LogP contribution >= 0.6 is 35.0 Å². The average Bonchev–Trinajstić information content (AvgIpc) is 2.85. The lowest BCUT2D eigenvalue weighted by Crippen LogP contribution is -2.14. The number of rotatable bonds is 7. The summed E-state index contributed by atoms with van der Waals surface area (Å²) in [6.07, 6.45) is 0. The minimum absolute atomic E-state index is 0.0687. The number of benzene rings is 4. The third-order valence-electron chi connectivity index (χ3n) is 5.07. The second-order valence-electron chi connectivity index (χ2n) is 7.46. The lowest BCUT2D eigenvalue weighted by atomic mass is 9.98. The van der Waals surface area contributed by atoms with Crippen molar-refractivity contribution in [2.45, 2.75) is 4.90 Å². The molecular formula is C26H18Cl2N2O4S. The van der Waals surface area contributed by atoms with Gasteiger partial charge in [0.25, 0.3) is 5.91 Å². The van der Waals surface area contributed by atoms with E-state index in [2.05, 4.69) is 10.6 Å². The Morgan fingerprint density at radius 2 is 1.43 bits per heavy atom. The number of halogens is 2.